The highest BCUT2D eigenvalue weighted by Gasteiger charge is 2.47. The Morgan fingerprint density at radius 1 is 1.37 bits per heavy atom. The van der Waals surface area contributed by atoms with Crippen molar-refractivity contribution >= 4 is 12.1 Å². The predicted octanol–water partition coefficient (Wildman–Crippen LogP) is 2.41. The molecule has 1 N–H and O–H groups in total. The van der Waals surface area contributed by atoms with Crippen LogP contribution in [-0.4, -0.2) is 30.8 Å². The van der Waals surface area contributed by atoms with Gasteiger partial charge >= 0.3 is 12.1 Å². The summed E-state index contributed by atoms with van der Waals surface area (Å²) in [6.45, 7) is 9.08. The van der Waals surface area contributed by atoms with Gasteiger partial charge in [0.15, 0.2) is 0 Å². The van der Waals surface area contributed by atoms with Crippen molar-refractivity contribution in [3.8, 4) is 0 Å². The van der Waals surface area contributed by atoms with Crippen LogP contribution in [0.2, 0.25) is 0 Å². The molecule has 1 fully saturated rings. The molecule has 0 unspecified atom stereocenters. The van der Waals surface area contributed by atoms with Crippen molar-refractivity contribution in [2.24, 2.45) is 5.41 Å². The Labute approximate surface area is 114 Å². The molecule has 0 radical (unpaired) electrons. The highest BCUT2D eigenvalue weighted by Crippen LogP contribution is 2.45. The lowest BCUT2D eigenvalue weighted by Crippen LogP contribution is -2.55. The molecule has 0 spiro atoms. The van der Waals surface area contributed by atoms with Crippen LogP contribution in [0.5, 0.6) is 0 Å². The summed E-state index contributed by atoms with van der Waals surface area (Å²) in [7, 11) is 1.31. The van der Waals surface area contributed by atoms with Crippen molar-refractivity contribution in [3.05, 3.63) is 12.7 Å². The van der Waals surface area contributed by atoms with Crippen LogP contribution in [0.4, 0.5) is 4.79 Å². The Hall–Kier alpha value is -1.52. The Bertz CT molecular complexity index is 366. The lowest BCUT2D eigenvalue weighted by atomic mass is 9.64. The molecule has 108 valence electrons. The van der Waals surface area contributed by atoms with Gasteiger partial charge in [-0.15, -0.1) is 6.58 Å². The van der Waals surface area contributed by atoms with E-state index >= 15 is 0 Å². The number of carbonyl (C=O) groups excluding carboxylic acids is 2. The summed E-state index contributed by atoms with van der Waals surface area (Å²) in [4.78, 5) is 23.7. The summed E-state index contributed by atoms with van der Waals surface area (Å²) in [6.07, 6.45) is 3.75. The molecule has 5 nitrogen and oxygen atoms in total. The quantitative estimate of drug-likeness (QED) is 0.628. The Balaban J connectivity index is 2.79. The lowest BCUT2D eigenvalue weighted by Gasteiger charge is -2.44. The maximum absolute atomic E-state index is 11.9. The second-order valence-electron chi connectivity index (χ2n) is 5.89. The lowest BCUT2D eigenvalue weighted by molar-refractivity contribution is -0.147. The van der Waals surface area contributed by atoms with Crippen LogP contribution in [-0.2, 0) is 14.3 Å². The zero-order chi connectivity index (χ0) is 14.7. The van der Waals surface area contributed by atoms with E-state index in [9.17, 15) is 9.59 Å². The molecule has 0 aromatic rings. The van der Waals surface area contributed by atoms with Gasteiger partial charge in [-0.05, 0) is 33.6 Å². The molecule has 19 heavy (non-hydrogen) atoms. The highest BCUT2D eigenvalue weighted by atomic mass is 16.6. The first kappa shape index (κ1) is 15.5. The summed E-state index contributed by atoms with van der Waals surface area (Å²) in [5.41, 5.74) is -1.02. The van der Waals surface area contributed by atoms with Gasteiger partial charge in [-0.2, -0.15) is 0 Å². The minimum Gasteiger partial charge on any atom is -0.467 e. The molecule has 0 aliphatic heterocycles. The third-order valence-electron chi connectivity index (χ3n) is 3.36. The summed E-state index contributed by atoms with van der Waals surface area (Å²) in [5.74, 6) is -0.467. The van der Waals surface area contributed by atoms with Gasteiger partial charge in [0, 0.05) is 5.41 Å². The van der Waals surface area contributed by atoms with E-state index in [0.29, 0.717) is 0 Å². The van der Waals surface area contributed by atoms with Gasteiger partial charge in [-0.3, -0.25) is 0 Å². The van der Waals surface area contributed by atoms with E-state index in [4.69, 9.17) is 9.47 Å². The van der Waals surface area contributed by atoms with E-state index in [2.05, 4.69) is 11.9 Å². The average molecular weight is 269 g/mol. The van der Waals surface area contributed by atoms with Crippen molar-refractivity contribution in [1.29, 1.82) is 0 Å². The van der Waals surface area contributed by atoms with Crippen LogP contribution >= 0.6 is 0 Å². The normalized spacial score (nSPS) is 18.7. The fourth-order valence-electron chi connectivity index (χ4n) is 2.18. The molecule has 0 saturated heterocycles. The fraction of sp³-hybridized carbons (Fsp3) is 0.714. The van der Waals surface area contributed by atoms with Gasteiger partial charge in [0.1, 0.15) is 11.6 Å². The average Bonchev–Trinajstić information content (AvgIpc) is 2.23. The third-order valence-corrected chi connectivity index (χ3v) is 3.36. The van der Waals surface area contributed by atoms with Gasteiger partial charge in [-0.1, -0.05) is 12.5 Å². The minimum atomic E-state index is -0.737. The maximum atomic E-state index is 11.9. The molecule has 1 atom stereocenters. The molecule has 0 bridgehead atoms. The zero-order valence-electron chi connectivity index (χ0n) is 12.1. The van der Waals surface area contributed by atoms with Crippen molar-refractivity contribution in [1.82, 2.24) is 5.32 Å². The standard InChI is InChI=1S/C14H23NO4/c1-6-14(8-7-9-14)10(11(16)18-5)15-12(17)19-13(2,3)4/h6,10H,1,7-9H2,2-5H3,(H,15,17)/t10-/m1/s1. The number of hydrogen-bond donors (Lipinski definition) is 1. The van der Waals surface area contributed by atoms with Gasteiger partial charge in [0.25, 0.3) is 0 Å². The summed E-state index contributed by atoms with van der Waals surface area (Å²) in [5, 5.41) is 2.61. The highest BCUT2D eigenvalue weighted by molar-refractivity contribution is 5.82. The number of ether oxygens (including phenoxy) is 2. The minimum absolute atomic E-state index is 0.413. The number of methoxy groups -OCH3 is 1. The zero-order valence-corrected chi connectivity index (χ0v) is 12.1. The molecular weight excluding hydrogens is 246 g/mol. The first-order chi connectivity index (χ1) is 8.74. The Morgan fingerprint density at radius 3 is 2.26 bits per heavy atom. The van der Waals surface area contributed by atoms with Gasteiger partial charge in [0.2, 0.25) is 0 Å². The number of carbonyl (C=O) groups is 2. The van der Waals surface area contributed by atoms with Gasteiger partial charge < -0.3 is 14.8 Å². The van der Waals surface area contributed by atoms with E-state index in [1.54, 1.807) is 26.8 Å². The third kappa shape index (κ3) is 3.72. The number of hydrogen-bond acceptors (Lipinski definition) is 4. The number of amides is 1. The van der Waals surface area contributed by atoms with Gasteiger partial charge in [0.05, 0.1) is 7.11 Å². The van der Waals surface area contributed by atoms with Crippen molar-refractivity contribution < 1.29 is 19.1 Å². The predicted molar refractivity (Wildman–Crippen MR) is 71.7 cm³/mol. The summed E-state index contributed by atoms with van der Waals surface area (Å²) in [6, 6.07) is -0.737. The van der Waals surface area contributed by atoms with Crippen LogP contribution in [0.25, 0.3) is 0 Å². The van der Waals surface area contributed by atoms with Crippen molar-refractivity contribution in [2.45, 2.75) is 51.7 Å². The molecule has 5 heteroatoms. The molecule has 0 aromatic heterocycles. The van der Waals surface area contributed by atoms with E-state index in [1.807, 2.05) is 0 Å². The topological polar surface area (TPSA) is 64.6 Å². The van der Waals surface area contributed by atoms with Crippen LogP contribution in [0, 0.1) is 5.41 Å². The van der Waals surface area contributed by atoms with E-state index in [-0.39, 0.29) is 0 Å². The summed E-state index contributed by atoms with van der Waals surface area (Å²) >= 11 is 0. The Morgan fingerprint density at radius 2 is 1.95 bits per heavy atom. The van der Waals surface area contributed by atoms with E-state index < -0.39 is 29.1 Å². The molecule has 1 aliphatic rings. The number of alkyl carbamates (subject to hydrolysis) is 1. The Kier molecular flexibility index (Phi) is 4.61. The fourth-order valence-corrected chi connectivity index (χ4v) is 2.18. The second-order valence-corrected chi connectivity index (χ2v) is 5.89. The number of esters is 1. The van der Waals surface area contributed by atoms with E-state index in [1.165, 1.54) is 7.11 Å². The first-order valence-electron chi connectivity index (χ1n) is 6.45. The monoisotopic (exact) mass is 269 g/mol. The van der Waals surface area contributed by atoms with E-state index in [0.717, 1.165) is 19.3 Å². The molecule has 1 amide bonds. The SMILES string of the molecule is C=CC1([C@H](NC(=O)OC(C)(C)C)C(=O)OC)CCC1. The van der Waals surface area contributed by atoms with Crippen LogP contribution in [0.15, 0.2) is 12.7 Å². The van der Waals surface area contributed by atoms with Gasteiger partial charge in [-0.25, -0.2) is 9.59 Å². The number of nitrogens with one attached hydrogen (secondary N) is 1. The largest absolute Gasteiger partial charge is 0.467 e. The first-order valence-corrected chi connectivity index (χ1v) is 6.45. The maximum Gasteiger partial charge on any atom is 0.408 e. The molecule has 0 aromatic carbocycles. The van der Waals surface area contributed by atoms with Crippen LogP contribution in [0.3, 0.4) is 0 Å². The van der Waals surface area contributed by atoms with Crippen LogP contribution < -0.4 is 5.32 Å². The second kappa shape index (κ2) is 5.63. The van der Waals surface area contributed by atoms with Crippen molar-refractivity contribution in [2.75, 3.05) is 7.11 Å². The van der Waals surface area contributed by atoms with Crippen LogP contribution in [0.1, 0.15) is 40.0 Å². The molecule has 0 heterocycles. The molecule has 1 rings (SSSR count). The smallest absolute Gasteiger partial charge is 0.408 e. The number of rotatable bonds is 4. The molecule has 1 aliphatic carbocycles. The molecular formula is C14H23NO4. The molecule has 1 saturated carbocycles. The van der Waals surface area contributed by atoms with Crippen molar-refractivity contribution in [3.63, 3.8) is 0 Å². The summed E-state index contributed by atoms with van der Waals surface area (Å²) < 4.78 is 9.95.